The fourth-order valence-electron chi connectivity index (χ4n) is 4.17. The number of ketones is 2. The van der Waals surface area contributed by atoms with Crippen LogP contribution in [0.3, 0.4) is 0 Å². The largest absolute Gasteiger partial charge is 1.00 e. The Morgan fingerprint density at radius 2 is 0.865 bits per heavy atom. The topological polar surface area (TPSA) is 155 Å². The second-order valence-corrected chi connectivity index (χ2v) is 9.75. The van der Waals surface area contributed by atoms with Gasteiger partial charge < -0.3 is 43.4 Å². The molecule has 0 aliphatic rings. The first-order chi connectivity index (χ1) is 23.6. The Bertz CT molecular complexity index is 1650. The Balaban J connectivity index is 0. The van der Waals surface area contributed by atoms with Crippen LogP contribution in [-0.4, -0.2) is 80.2 Å². The second-order valence-electron chi connectivity index (χ2n) is 9.75. The van der Waals surface area contributed by atoms with E-state index in [0.29, 0.717) is 51.2 Å². The predicted octanol–water partition coefficient (Wildman–Crippen LogP) is 4.50. The van der Waals surface area contributed by atoms with Crippen molar-refractivity contribution >= 4 is 23.9 Å². The van der Waals surface area contributed by atoms with E-state index in [1.54, 1.807) is 68.8 Å². The third kappa shape index (κ3) is 14.3. The normalized spacial score (nSPS) is 9.33. The maximum Gasteiger partial charge on any atom is 1.00 e. The maximum atomic E-state index is 12.4. The van der Waals surface area contributed by atoms with Crippen LogP contribution in [0.25, 0.3) is 6.08 Å². The van der Waals surface area contributed by atoms with E-state index in [4.69, 9.17) is 37.9 Å². The third-order valence-electron chi connectivity index (χ3n) is 6.82. The molecule has 0 bridgehead atoms. The zero-order chi connectivity index (χ0) is 36.3. The molecular formula is C39H47NaO12. The fourth-order valence-corrected chi connectivity index (χ4v) is 4.17. The van der Waals surface area contributed by atoms with Crippen LogP contribution in [0.2, 0.25) is 0 Å². The number of allylic oxidation sites excluding steroid dienone is 1. The summed E-state index contributed by atoms with van der Waals surface area (Å²) in [6, 6.07) is 20.9. The van der Waals surface area contributed by atoms with Gasteiger partial charge in [0.2, 0.25) is 11.5 Å². The van der Waals surface area contributed by atoms with Gasteiger partial charge >= 0.3 is 29.6 Å². The van der Waals surface area contributed by atoms with Gasteiger partial charge in [-0.1, -0.05) is 25.6 Å². The van der Waals surface area contributed by atoms with Gasteiger partial charge in [-0.15, -0.1) is 0 Å². The minimum atomic E-state index is -0.162. The summed E-state index contributed by atoms with van der Waals surface area (Å²) < 4.78 is 41.1. The predicted molar refractivity (Wildman–Crippen MR) is 196 cm³/mol. The van der Waals surface area contributed by atoms with Crippen LogP contribution in [-0.2, 0) is 0 Å². The molecule has 0 saturated carbocycles. The number of carbonyl (C=O) groups excluding carboxylic acids is 3. The summed E-state index contributed by atoms with van der Waals surface area (Å²) >= 11 is 0. The zero-order valence-corrected chi connectivity index (χ0v) is 32.6. The number of aldehydes is 1. The molecule has 4 aromatic rings. The number of benzene rings is 4. The number of carbonyl (C=O) groups is 3. The van der Waals surface area contributed by atoms with E-state index in [9.17, 15) is 14.4 Å². The van der Waals surface area contributed by atoms with Crippen LogP contribution in [0.1, 0.15) is 51.0 Å². The van der Waals surface area contributed by atoms with Crippen molar-refractivity contribution in [3.05, 3.63) is 101 Å². The molecule has 4 rings (SSSR count). The van der Waals surface area contributed by atoms with Gasteiger partial charge in [0, 0.05) is 16.7 Å². The van der Waals surface area contributed by atoms with E-state index in [1.807, 2.05) is 24.3 Å². The molecule has 276 valence electrons. The Hall–Kier alpha value is -5.01. The van der Waals surface area contributed by atoms with Crippen LogP contribution >= 0.6 is 0 Å². The molecule has 13 heteroatoms. The van der Waals surface area contributed by atoms with Crippen LogP contribution in [0.4, 0.5) is 0 Å². The van der Waals surface area contributed by atoms with Crippen molar-refractivity contribution in [2.24, 2.45) is 0 Å². The van der Waals surface area contributed by atoms with E-state index >= 15 is 0 Å². The number of hydrogen-bond acceptors (Lipinski definition) is 12. The van der Waals surface area contributed by atoms with Crippen molar-refractivity contribution in [3.8, 4) is 46.0 Å². The van der Waals surface area contributed by atoms with Gasteiger partial charge in [0.15, 0.2) is 34.6 Å². The molecule has 0 atom stereocenters. The van der Waals surface area contributed by atoms with E-state index in [0.717, 1.165) is 23.3 Å². The van der Waals surface area contributed by atoms with Crippen LogP contribution in [0, 0.1) is 0 Å². The molecule has 0 aliphatic heterocycles. The van der Waals surface area contributed by atoms with Gasteiger partial charge in [0.05, 0.1) is 56.9 Å². The maximum absolute atomic E-state index is 12.4. The van der Waals surface area contributed by atoms with Crippen molar-refractivity contribution in [2.45, 2.75) is 14.4 Å². The molecule has 12 nitrogen and oxygen atoms in total. The molecule has 0 aliphatic carbocycles. The molecule has 0 amide bonds. The molecule has 0 saturated heterocycles. The summed E-state index contributed by atoms with van der Waals surface area (Å²) in [4.78, 5) is 33.8. The van der Waals surface area contributed by atoms with Crippen LogP contribution in [0.5, 0.6) is 46.0 Å². The zero-order valence-electron chi connectivity index (χ0n) is 30.6. The van der Waals surface area contributed by atoms with Crippen molar-refractivity contribution in [2.75, 3.05) is 56.9 Å². The summed E-state index contributed by atoms with van der Waals surface area (Å²) in [7, 11) is 12.3. The Kier molecular flexibility index (Phi) is 24.4. The standard InChI is InChI=1S/C19H20O5.C11H14O4.C8H8O2.CH4.Na.H2O/c1-21-15-8-5-13(6-9-15)7-10-16(20)14-11-17(22-2)19(24-4)18(12-14)23-3;1-7(12)8-5-9(13-2)11(15-4)10(6-8)14-3;1-10-8-4-2-7(6-9)3-5-8;;;/h5-12H,1-4H3;5-6H,1-4H3;2-6H,1H3;1H4;;1H2/q;;;;+1;/p-1/b10-7+;;;;;. The van der Waals surface area contributed by atoms with E-state index in [1.165, 1.54) is 55.7 Å². The van der Waals surface area contributed by atoms with Crippen molar-refractivity contribution in [1.82, 2.24) is 0 Å². The number of ether oxygens (including phenoxy) is 8. The van der Waals surface area contributed by atoms with Gasteiger partial charge in [-0.3, -0.25) is 14.4 Å². The summed E-state index contributed by atoms with van der Waals surface area (Å²) in [5.74, 6) is 4.13. The van der Waals surface area contributed by atoms with E-state index < -0.39 is 0 Å². The third-order valence-corrected chi connectivity index (χ3v) is 6.82. The Morgan fingerprint density at radius 3 is 1.15 bits per heavy atom. The first kappa shape index (κ1) is 49.1. The van der Waals surface area contributed by atoms with Crippen LogP contribution in [0.15, 0.2) is 78.9 Å². The second kappa shape index (κ2) is 25.9. The average Bonchev–Trinajstić information content (AvgIpc) is 3.16. The quantitative estimate of drug-likeness (QED) is 0.0823. The smallest absolute Gasteiger partial charge is 0.870 e. The van der Waals surface area contributed by atoms with Crippen molar-refractivity contribution in [1.29, 1.82) is 0 Å². The van der Waals surface area contributed by atoms with Gasteiger partial charge in [0.1, 0.15) is 17.8 Å². The molecule has 0 radical (unpaired) electrons. The summed E-state index contributed by atoms with van der Waals surface area (Å²) in [5.41, 5.74) is 2.55. The Morgan fingerprint density at radius 1 is 0.519 bits per heavy atom. The SMILES string of the molecule is C.COc1cc(C(C)=O)cc(OC)c1OC.COc1ccc(/C=C/C(=O)c2cc(OC)c(OC)c(OC)c2)cc1.COc1ccc(C=O)cc1.[Na+].[OH-]. The van der Waals surface area contributed by atoms with Crippen molar-refractivity contribution in [3.63, 3.8) is 0 Å². The summed E-state index contributed by atoms with van der Waals surface area (Å²) in [5, 5.41) is 0. The van der Waals surface area contributed by atoms with Gasteiger partial charge in [0.25, 0.3) is 0 Å². The first-order valence-electron chi connectivity index (χ1n) is 14.7. The van der Waals surface area contributed by atoms with Crippen LogP contribution < -0.4 is 67.5 Å². The minimum Gasteiger partial charge on any atom is -0.870 e. The molecule has 0 unspecified atom stereocenters. The number of methoxy groups -OCH3 is 8. The summed E-state index contributed by atoms with van der Waals surface area (Å²) in [6.07, 6.45) is 4.05. The number of rotatable bonds is 13. The van der Waals surface area contributed by atoms with E-state index in [2.05, 4.69) is 0 Å². The minimum absolute atomic E-state index is 0. The molecule has 0 fully saturated rings. The molecule has 0 spiro atoms. The molecule has 0 heterocycles. The average molecular weight is 731 g/mol. The van der Waals surface area contributed by atoms with E-state index in [-0.39, 0.29) is 54.0 Å². The number of hydrogen-bond donors (Lipinski definition) is 0. The summed E-state index contributed by atoms with van der Waals surface area (Å²) in [6.45, 7) is 1.49. The fraction of sp³-hybridized carbons (Fsp3) is 0.256. The molecule has 52 heavy (non-hydrogen) atoms. The Labute approximate surface area is 328 Å². The molecular weight excluding hydrogens is 683 g/mol. The first-order valence-corrected chi connectivity index (χ1v) is 14.7. The molecule has 1 N–H and O–H groups in total. The van der Waals surface area contributed by atoms with Gasteiger partial charge in [-0.2, -0.15) is 0 Å². The monoisotopic (exact) mass is 730 g/mol. The molecule has 0 aromatic heterocycles. The molecule has 4 aromatic carbocycles. The van der Waals surface area contributed by atoms with Gasteiger partial charge in [-0.05, 0) is 79.2 Å². The number of Topliss-reactive ketones (excluding diaryl/α,β-unsaturated/α-hetero) is 1. The van der Waals surface area contributed by atoms with Crippen molar-refractivity contribution < 1.29 is 87.3 Å². The van der Waals surface area contributed by atoms with Gasteiger partial charge in [-0.25, -0.2) is 0 Å².